The Kier molecular flexibility index (Phi) is 6.49. The SMILES string of the molecule is CCC(C)N(CC(=O)O)C(=O)c1sc2nc(COC)nc(OC)c2c1C. The molecule has 26 heavy (non-hydrogen) atoms. The van der Waals surface area contributed by atoms with Gasteiger partial charge in [0.2, 0.25) is 5.88 Å². The topological polar surface area (TPSA) is 102 Å². The normalized spacial score (nSPS) is 12.2. The third-order valence-electron chi connectivity index (χ3n) is 4.15. The Labute approximate surface area is 155 Å². The van der Waals surface area contributed by atoms with Crippen LogP contribution in [-0.4, -0.2) is 58.7 Å². The zero-order chi connectivity index (χ0) is 19.4. The van der Waals surface area contributed by atoms with Crippen LogP contribution >= 0.6 is 11.3 Å². The second-order valence-corrected chi connectivity index (χ2v) is 6.90. The summed E-state index contributed by atoms with van der Waals surface area (Å²) in [5.74, 6) is -0.528. The van der Waals surface area contributed by atoms with E-state index in [1.54, 1.807) is 14.0 Å². The number of nitrogens with zero attached hydrogens (tertiary/aromatic N) is 3. The molecule has 0 aromatic carbocycles. The van der Waals surface area contributed by atoms with E-state index >= 15 is 0 Å². The first-order chi connectivity index (χ1) is 12.3. The Hall–Kier alpha value is -2.26. The molecule has 1 N–H and O–H groups in total. The number of amides is 1. The van der Waals surface area contributed by atoms with Crippen LogP contribution in [0.5, 0.6) is 5.88 Å². The van der Waals surface area contributed by atoms with Crippen molar-refractivity contribution in [3.8, 4) is 5.88 Å². The van der Waals surface area contributed by atoms with Crippen molar-refractivity contribution in [3.05, 3.63) is 16.3 Å². The number of carboxylic acids is 1. The molecule has 2 heterocycles. The fourth-order valence-electron chi connectivity index (χ4n) is 2.61. The summed E-state index contributed by atoms with van der Waals surface area (Å²) in [6.07, 6.45) is 0.657. The largest absolute Gasteiger partial charge is 0.480 e. The molecule has 2 aromatic heterocycles. The number of ether oxygens (including phenoxy) is 2. The number of carboxylic acid groups (broad SMARTS) is 1. The Balaban J connectivity index is 2.56. The van der Waals surface area contributed by atoms with Crippen LogP contribution in [0.3, 0.4) is 0 Å². The summed E-state index contributed by atoms with van der Waals surface area (Å²) in [7, 11) is 3.05. The molecule has 1 atom stereocenters. The first kappa shape index (κ1) is 20.1. The van der Waals surface area contributed by atoms with E-state index in [0.717, 1.165) is 0 Å². The first-order valence-corrected chi connectivity index (χ1v) is 9.01. The van der Waals surface area contributed by atoms with Crippen LogP contribution in [-0.2, 0) is 16.1 Å². The minimum Gasteiger partial charge on any atom is -0.480 e. The molecule has 9 heteroatoms. The zero-order valence-corrected chi connectivity index (χ0v) is 16.3. The standard InChI is InChI=1S/C17H23N3O5S/c1-6-9(2)20(7-12(21)22)17(23)14-10(3)13-15(25-5)18-11(8-24-4)19-16(13)26-14/h9H,6-8H2,1-5H3,(H,21,22). The lowest BCUT2D eigenvalue weighted by Crippen LogP contribution is -2.41. The number of rotatable bonds is 8. The van der Waals surface area contributed by atoms with Gasteiger partial charge in [-0.3, -0.25) is 9.59 Å². The van der Waals surface area contributed by atoms with Gasteiger partial charge in [0.1, 0.15) is 18.0 Å². The van der Waals surface area contributed by atoms with Gasteiger partial charge in [-0.1, -0.05) is 6.92 Å². The number of thiophene rings is 1. The molecule has 1 unspecified atom stereocenters. The average Bonchev–Trinajstić information content (AvgIpc) is 2.94. The number of aromatic nitrogens is 2. The number of hydrogen-bond donors (Lipinski definition) is 1. The van der Waals surface area contributed by atoms with Crippen LogP contribution in [0, 0.1) is 6.92 Å². The van der Waals surface area contributed by atoms with E-state index in [9.17, 15) is 9.59 Å². The van der Waals surface area contributed by atoms with Crippen molar-refractivity contribution in [2.75, 3.05) is 20.8 Å². The van der Waals surface area contributed by atoms with Gasteiger partial charge < -0.3 is 19.5 Å². The van der Waals surface area contributed by atoms with Crippen molar-refractivity contribution >= 4 is 33.4 Å². The lowest BCUT2D eigenvalue weighted by molar-refractivity contribution is -0.138. The minimum atomic E-state index is -1.04. The molecule has 1 amide bonds. The number of aryl methyl sites for hydroxylation is 1. The summed E-state index contributed by atoms with van der Waals surface area (Å²) in [5, 5.41) is 9.83. The number of hydrogen-bond acceptors (Lipinski definition) is 7. The Morgan fingerprint density at radius 3 is 2.54 bits per heavy atom. The molecular weight excluding hydrogens is 358 g/mol. The van der Waals surface area contributed by atoms with E-state index in [2.05, 4.69) is 9.97 Å². The van der Waals surface area contributed by atoms with Gasteiger partial charge in [0.25, 0.3) is 5.91 Å². The third-order valence-corrected chi connectivity index (χ3v) is 5.33. The zero-order valence-electron chi connectivity index (χ0n) is 15.5. The van der Waals surface area contributed by atoms with Gasteiger partial charge in [-0.2, -0.15) is 4.98 Å². The summed E-state index contributed by atoms with van der Waals surface area (Å²) in [6.45, 7) is 5.42. The van der Waals surface area contributed by atoms with E-state index in [0.29, 0.717) is 38.8 Å². The predicted molar refractivity (Wildman–Crippen MR) is 97.8 cm³/mol. The quantitative estimate of drug-likeness (QED) is 0.749. The molecule has 0 fully saturated rings. The van der Waals surface area contributed by atoms with E-state index in [1.807, 2.05) is 13.8 Å². The van der Waals surface area contributed by atoms with E-state index < -0.39 is 5.97 Å². The predicted octanol–water partition coefficient (Wildman–Crippen LogP) is 2.48. The fraction of sp³-hybridized carbons (Fsp3) is 0.529. The van der Waals surface area contributed by atoms with Crippen molar-refractivity contribution in [1.82, 2.24) is 14.9 Å². The van der Waals surface area contributed by atoms with Crippen LogP contribution in [0.15, 0.2) is 0 Å². The Morgan fingerprint density at radius 2 is 2.00 bits per heavy atom. The Morgan fingerprint density at radius 1 is 1.31 bits per heavy atom. The minimum absolute atomic E-state index is 0.194. The highest BCUT2D eigenvalue weighted by molar-refractivity contribution is 7.20. The monoisotopic (exact) mass is 381 g/mol. The van der Waals surface area contributed by atoms with Gasteiger partial charge in [0, 0.05) is 13.2 Å². The van der Waals surface area contributed by atoms with Crippen LogP contribution in [0.25, 0.3) is 10.2 Å². The van der Waals surface area contributed by atoms with Gasteiger partial charge in [-0.25, -0.2) is 4.98 Å². The smallest absolute Gasteiger partial charge is 0.323 e. The highest BCUT2D eigenvalue weighted by Gasteiger charge is 2.28. The molecule has 0 aliphatic rings. The number of methoxy groups -OCH3 is 2. The molecule has 0 aliphatic heterocycles. The van der Waals surface area contributed by atoms with Crippen molar-refractivity contribution < 1.29 is 24.2 Å². The molecular formula is C17H23N3O5S. The number of fused-ring (bicyclic) bond motifs is 1. The maximum absolute atomic E-state index is 13.0. The second kappa shape index (κ2) is 8.41. The summed E-state index contributed by atoms with van der Waals surface area (Å²) in [4.78, 5) is 35.4. The molecule has 2 rings (SSSR count). The van der Waals surface area contributed by atoms with Gasteiger partial charge in [0.05, 0.1) is 17.4 Å². The molecule has 0 saturated heterocycles. The van der Waals surface area contributed by atoms with Crippen molar-refractivity contribution in [2.45, 2.75) is 39.8 Å². The molecule has 0 bridgehead atoms. The van der Waals surface area contributed by atoms with Gasteiger partial charge in [-0.15, -0.1) is 11.3 Å². The van der Waals surface area contributed by atoms with E-state index in [1.165, 1.54) is 23.3 Å². The number of carbonyl (C=O) groups is 2. The highest BCUT2D eigenvalue weighted by atomic mass is 32.1. The fourth-order valence-corrected chi connectivity index (χ4v) is 3.76. The first-order valence-electron chi connectivity index (χ1n) is 8.19. The molecule has 8 nitrogen and oxygen atoms in total. The van der Waals surface area contributed by atoms with Crippen molar-refractivity contribution in [3.63, 3.8) is 0 Å². The van der Waals surface area contributed by atoms with Crippen molar-refractivity contribution in [2.24, 2.45) is 0 Å². The average molecular weight is 381 g/mol. The number of aliphatic carboxylic acids is 1. The highest BCUT2D eigenvalue weighted by Crippen LogP contribution is 2.36. The van der Waals surface area contributed by atoms with Crippen LogP contribution in [0.1, 0.15) is 41.3 Å². The lowest BCUT2D eigenvalue weighted by atomic mass is 10.1. The Bertz CT molecular complexity index is 820. The third kappa shape index (κ3) is 3.94. The van der Waals surface area contributed by atoms with Crippen molar-refractivity contribution in [1.29, 1.82) is 0 Å². The van der Waals surface area contributed by atoms with Gasteiger partial charge >= 0.3 is 5.97 Å². The molecule has 0 spiro atoms. The van der Waals surface area contributed by atoms with Gasteiger partial charge in [-0.05, 0) is 25.8 Å². The summed E-state index contributed by atoms with van der Waals surface area (Å²) < 4.78 is 10.4. The van der Waals surface area contributed by atoms with Crippen LogP contribution in [0.4, 0.5) is 0 Å². The van der Waals surface area contributed by atoms with Crippen LogP contribution < -0.4 is 4.74 Å². The molecule has 2 aromatic rings. The molecule has 0 saturated carbocycles. The van der Waals surface area contributed by atoms with Crippen LogP contribution in [0.2, 0.25) is 0 Å². The van der Waals surface area contributed by atoms with Gasteiger partial charge in [0.15, 0.2) is 5.82 Å². The second-order valence-electron chi connectivity index (χ2n) is 5.90. The maximum atomic E-state index is 13.0. The summed E-state index contributed by atoms with van der Waals surface area (Å²) in [5.41, 5.74) is 0.689. The van der Waals surface area contributed by atoms with E-state index in [4.69, 9.17) is 14.6 Å². The molecule has 0 radical (unpaired) electrons. The molecule has 142 valence electrons. The molecule has 0 aliphatic carbocycles. The summed E-state index contributed by atoms with van der Waals surface area (Å²) in [6, 6.07) is -0.194. The number of carbonyl (C=O) groups excluding carboxylic acids is 1. The lowest BCUT2D eigenvalue weighted by Gasteiger charge is -2.26. The van der Waals surface area contributed by atoms with E-state index in [-0.39, 0.29) is 25.1 Å². The maximum Gasteiger partial charge on any atom is 0.323 e. The summed E-state index contributed by atoms with van der Waals surface area (Å²) >= 11 is 1.21.